The van der Waals surface area contributed by atoms with Gasteiger partial charge in [-0.2, -0.15) is 0 Å². The van der Waals surface area contributed by atoms with Gasteiger partial charge in [-0.05, 0) is 38.2 Å². The van der Waals surface area contributed by atoms with Gasteiger partial charge in [0.25, 0.3) is 5.91 Å². The van der Waals surface area contributed by atoms with E-state index in [9.17, 15) is 9.59 Å². The van der Waals surface area contributed by atoms with Crippen LogP contribution in [0.25, 0.3) is 0 Å². The third-order valence-corrected chi connectivity index (χ3v) is 5.28. The van der Waals surface area contributed by atoms with Crippen molar-refractivity contribution in [3.63, 3.8) is 0 Å². The molecule has 27 heavy (non-hydrogen) atoms. The molecule has 6 nitrogen and oxygen atoms in total. The minimum atomic E-state index is -0.142. The van der Waals surface area contributed by atoms with Gasteiger partial charge in [0.05, 0.1) is 18.6 Å². The van der Waals surface area contributed by atoms with Crippen molar-refractivity contribution in [2.75, 3.05) is 26.3 Å². The fourth-order valence-corrected chi connectivity index (χ4v) is 3.76. The molecule has 148 valence electrons. The highest BCUT2D eigenvalue weighted by atomic mass is 16.5. The van der Waals surface area contributed by atoms with Gasteiger partial charge in [0.2, 0.25) is 5.91 Å². The van der Waals surface area contributed by atoms with Crippen molar-refractivity contribution in [1.29, 1.82) is 0 Å². The molecule has 2 heterocycles. The molecule has 0 aromatic heterocycles. The highest BCUT2D eigenvalue weighted by Gasteiger charge is 2.23. The zero-order valence-corrected chi connectivity index (χ0v) is 16.1. The fraction of sp³-hybridized carbons (Fsp3) is 0.619. The van der Waals surface area contributed by atoms with E-state index in [1.54, 1.807) is 0 Å². The quantitative estimate of drug-likeness (QED) is 0.760. The summed E-state index contributed by atoms with van der Waals surface area (Å²) in [5.41, 5.74) is 0.912. The molecule has 2 aliphatic heterocycles. The average molecular weight is 374 g/mol. The molecule has 0 saturated carbocycles. The van der Waals surface area contributed by atoms with Gasteiger partial charge < -0.3 is 19.7 Å². The summed E-state index contributed by atoms with van der Waals surface area (Å²) in [6.45, 7) is 4.46. The molecule has 2 amide bonds. The van der Waals surface area contributed by atoms with E-state index in [2.05, 4.69) is 5.32 Å². The molecule has 3 rings (SSSR count). The second-order valence-electron chi connectivity index (χ2n) is 7.28. The number of ether oxygens (including phenoxy) is 2. The number of hydrogen-bond donors (Lipinski definition) is 1. The largest absolute Gasteiger partial charge is 0.483 e. The zero-order chi connectivity index (χ0) is 19.1. The van der Waals surface area contributed by atoms with E-state index in [1.165, 1.54) is 0 Å². The Morgan fingerprint density at radius 2 is 2.04 bits per heavy atom. The number of para-hydroxylation sites is 1. The fourth-order valence-electron chi connectivity index (χ4n) is 3.76. The van der Waals surface area contributed by atoms with Crippen molar-refractivity contribution in [2.24, 2.45) is 0 Å². The topological polar surface area (TPSA) is 67.9 Å². The monoisotopic (exact) mass is 374 g/mol. The summed E-state index contributed by atoms with van der Waals surface area (Å²) in [5.74, 6) is 0.684. The summed E-state index contributed by atoms with van der Waals surface area (Å²) in [7, 11) is 0. The van der Waals surface area contributed by atoms with Crippen LogP contribution in [0.1, 0.15) is 57.1 Å². The van der Waals surface area contributed by atoms with Crippen molar-refractivity contribution in [1.82, 2.24) is 10.2 Å². The lowest BCUT2D eigenvalue weighted by atomic mass is 10.0. The molecule has 2 atom stereocenters. The molecule has 0 bridgehead atoms. The number of hydrogen-bond acceptors (Lipinski definition) is 4. The van der Waals surface area contributed by atoms with Crippen LogP contribution in [0.4, 0.5) is 0 Å². The third kappa shape index (κ3) is 5.45. The number of benzene rings is 1. The van der Waals surface area contributed by atoms with E-state index in [-0.39, 0.29) is 30.6 Å². The normalized spacial score (nSPS) is 20.5. The average Bonchev–Trinajstić information content (AvgIpc) is 3.38. The maximum Gasteiger partial charge on any atom is 0.260 e. The highest BCUT2D eigenvalue weighted by Crippen LogP contribution is 2.28. The van der Waals surface area contributed by atoms with Gasteiger partial charge >= 0.3 is 0 Å². The van der Waals surface area contributed by atoms with Gasteiger partial charge in [-0.15, -0.1) is 0 Å². The smallest absolute Gasteiger partial charge is 0.260 e. The Balaban J connectivity index is 1.59. The standard InChI is InChI=1S/C21H30N2O4/c1-2-18(22-20(24)14-16-8-7-13-26-16)17-9-3-4-10-19(17)27-15-21(25)23-11-5-6-12-23/h3-4,9-10,16,18H,2,5-8,11-15H2,1H3,(H,22,24). The molecule has 0 aliphatic carbocycles. The molecule has 1 aromatic rings. The second kappa shape index (κ2) is 9.74. The maximum atomic E-state index is 12.4. The summed E-state index contributed by atoms with van der Waals surface area (Å²) in [5, 5.41) is 3.10. The molecule has 2 fully saturated rings. The van der Waals surface area contributed by atoms with E-state index in [4.69, 9.17) is 9.47 Å². The van der Waals surface area contributed by atoms with Crippen molar-refractivity contribution >= 4 is 11.8 Å². The van der Waals surface area contributed by atoms with Crippen LogP contribution >= 0.6 is 0 Å². The van der Waals surface area contributed by atoms with Crippen molar-refractivity contribution in [3.05, 3.63) is 29.8 Å². The van der Waals surface area contributed by atoms with Gasteiger partial charge in [0.1, 0.15) is 5.75 Å². The van der Waals surface area contributed by atoms with E-state index >= 15 is 0 Å². The predicted octanol–water partition coefficient (Wildman–Crippen LogP) is 2.82. The number of nitrogens with zero attached hydrogens (tertiary/aromatic N) is 1. The highest BCUT2D eigenvalue weighted by molar-refractivity contribution is 5.78. The van der Waals surface area contributed by atoms with Gasteiger partial charge in [-0.3, -0.25) is 9.59 Å². The van der Waals surface area contributed by atoms with Crippen LogP contribution in [0, 0.1) is 0 Å². The Hall–Kier alpha value is -2.08. The number of likely N-dealkylation sites (tertiary alicyclic amines) is 1. The van der Waals surface area contributed by atoms with Crippen LogP contribution in [-0.4, -0.2) is 49.1 Å². The number of amides is 2. The third-order valence-electron chi connectivity index (χ3n) is 5.28. The summed E-state index contributed by atoms with van der Waals surface area (Å²) >= 11 is 0. The summed E-state index contributed by atoms with van der Waals surface area (Å²) in [6, 6.07) is 7.49. The Labute approximate surface area is 161 Å². The number of rotatable bonds is 8. The molecule has 2 aliphatic rings. The van der Waals surface area contributed by atoms with Crippen LogP contribution in [0.15, 0.2) is 24.3 Å². The molecule has 1 aromatic carbocycles. The van der Waals surface area contributed by atoms with Gasteiger partial charge in [-0.1, -0.05) is 25.1 Å². The summed E-state index contributed by atoms with van der Waals surface area (Å²) in [6.07, 6.45) is 5.28. The number of carbonyl (C=O) groups is 2. The molecular formula is C21H30N2O4. The Morgan fingerprint density at radius 3 is 2.74 bits per heavy atom. The molecule has 0 radical (unpaired) electrons. The first-order chi connectivity index (χ1) is 13.2. The number of carbonyl (C=O) groups excluding carboxylic acids is 2. The maximum absolute atomic E-state index is 12.4. The minimum Gasteiger partial charge on any atom is -0.483 e. The van der Waals surface area contributed by atoms with E-state index in [1.807, 2.05) is 36.1 Å². The van der Waals surface area contributed by atoms with E-state index < -0.39 is 0 Å². The second-order valence-corrected chi connectivity index (χ2v) is 7.28. The first-order valence-electron chi connectivity index (χ1n) is 10.1. The zero-order valence-electron chi connectivity index (χ0n) is 16.1. The van der Waals surface area contributed by atoms with Crippen molar-refractivity contribution in [3.8, 4) is 5.75 Å². The van der Waals surface area contributed by atoms with Crippen LogP contribution in [0.5, 0.6) is 5.75 Å². The van der Waals surface area contributed by atoms with Crippen LogP contribution in [0.2, 0.25) is 0 Å². The minimum absolute atomic E-state index is 0.00306. The molecule has 0 spiro atoms. The summed E-state index contributed by atoms with van der Waals surface area (Å²) < 4.78 is 11.4. The van der Waals surface area contributed by atoms with E-state index in [0.29, 0.717) is 12.2 Å². The van der Waals surface area contributed by atoms with Gasteiger partial charge in [-0.25, -0.2) is 0 Å². The van der Waals surface area contributed by atoms with Gasteiger partial charge in [0, 0.05) is 25.3 Å². The number of nitrogens with one attached hydrogen (secondary N) is 1. The lowest BCUT2D eigenvalue weighted by molar-refractivity contribution is -0.132. The lowest BCUT2D eigenvalue weighted by Gasteiger charge is -2.22. The summed E-state index contributed by atoms with van der Waals surface area (Å²) in [4.78, 5) is 26.5. The Bertz CT molecular complexity index is 637. The molecule has 1 N–H and O–H groups in total. The molecule has 6 heteroatoms. The lowest BCUT2D eigenvalue weighted by Crippen LogP contribution is -2.33. The van der Waals surface area contributed by atoms with Crippen molar-refractivity contribution < 1.29 is 19.1 Å². The SMILES string of the molecule is CCC(NC(=O)CC1CCCO1)c1ccccc1OCC(=O)N1CCCC1. The molecule has 2 saturated heterocycles. The van der Waals surface area contributed by atoms with Crippen molar-refractivity contribution in [2.45, 2.75) is 57.6 Å². The van der Waals surface area contributed by atoms with Crippen LogP contribution in [-0.2, 0) is 14.3 Å². The molecule has 2 unspecified atom stereocenters. The first kappa shape index (κ1) is 19.7. The first-order valence-corrected chi connectivity index (χ1v) is 10.1. The Morgan fingerprint density at radius 1 is 1.26 bits per heavy atom. The van der Waals surface area contributed by atoms with Gasteiger partial charge in [0.15, 0.2) is 6.61 Å². The predicted molar refractivity (Wildman–Crippen MR) is 103 cm³/mol. The molecular weight excluding hydrogens is 344 g/mol. The van der Waals surface area contributed by atoms with E-state index in [0.717, 1.165) is 57.4 Å². The Kier molecular flexibility index (Phi) is 7.10. The van der Waals surface area contributed by atoms with Crippen LogP contribution in [0.3, 0.4) is 0 Å². The van der Waals surface area contributed by atoms with Crippen LogP contribution < -0.4 is 10.1 Å².